The van der Waals surface area contributed by atoms with Crippen LogP contribution in [0.4, 0.5) is 0 Å². The van der Waals surface area contributed by atoms with Gasteiger partial charge in [-0.1, -0.05) is 259 Å². The summed E-state index contributed by atoms with van der Waals surface area (Å²) in [4.78, 5) is 13.1. The van der Waals surface area contributed by atoms with Crippen LogP contribution in [0.15, 0.2) is 97.2 Å². The van der Waals surface area contributed by atoms with Crippen LogP contribution in [0.3, 0.4) is 0 Å². The van der Waals surface area contributed by atoms with Gasteiger partial charge in [0.05, 0.1) is 25.4 Å². The lowest BCUT2D eigenvalue weighted by molar-refractivity contribution is -0.302. The molecule has 75 heavy (non-hydrogen) atoms. The summed E-state index contributed by atoms with van der Waals surface area (Å²) >= 11 is 0. The SMILES string of the molecule is CC/C=C\C/C=C\C/C=C\C/C=C\C/C=C\CCCCCCCCCCCCCCCCCCCCCC(=O)NC(COC1OC(CO)C(O)C(O)C1O)C(O)/C=C/CC/C=C/CC/C=C/CCCCCCCCC. The van der Waals surface area contributed by atoms with Crippen molar-refractivity contribution in [2.24, 2.45) is 0 Å². The van der Waals surface area contributed by atoms with E-state index in [2.05, 4.69) is 104 Å². The molecule has 0 aromatic carbocycles. The van der Waals surface area contributed by atoms with Gasteiger partial charge in [-0.3, -0.25) is 4.79 Å². The van der Waals surface area contributed by atoms with E-state index in [1.807, 2.05) is 6.08 Å². The van der Waals surface area contributed by atoms with E-state index in [-0.39, 0.29) is 12.5 Å². The molecule has 1 rings (SSSR count). The molecular formula is C66H115NO8. The Morgan fingerprint density at radius 2 is 0.840 bits per heavy atom. The first-order valence-corrected chi connectivity index (χ1v) is 31.0. The minimum absolute atomic E-state index is 0.191. The second-order valence-corrected chi connectivity index (χ2v) is 21.1. The molecule has 1 fully saturated rings. The summed E-state index contributed by atoms with van der Waals surface area (Å²) in [6.07, 6.45) is 72.1. The molecule has 0 saturated carbocycles. The summed E-state index contributed by atoms with van der Waals surface area (Å²) in [7, 11) is 0. The molecule has 0 bridgehead atoms. The molecule has 0 aromatic rings. The second-order valence-electron chi connectivity index (χ2n) is 21.1. The van der Waals surface area contributed by atoms with Crippen molar-refractivity contribution in [1.82, 2.24) is 5.32 Å². The fourth-order valence-corrected chi connectivity index (χ4v) is 9.28. The number of hydrogen-bond acceptors (Lipinski definition) is 8. The maximum atomic E-state index is 13.1. The van der Waals surface area contributed by atoms with Crippen molar-refractivity contribution in [3.63, 3.8) is 0 Å². The van der Waals surface area contributed by atoms with Crippen LogP contribution in [0.2, 0.25) is 0 Å². The monoisotopic (exact) mass is 1050 g/mol. The largest absolute Gasteiger partial charge is 0.394 e. The van der Waals surface area contributed by atoms with Gasteiger partial charge in [-0.15, -0.1) is 0 Å². The van der Waals surface area contributed by atoms with Gasteiger partial charge in [-0.2, -0.15) is 0 Å². The molecule has 1 saturated heterocycles. The van der Waals surface area contributed by atoms with Crippen LogP contribution in [0.5, 0.6) is 0 Å². The van der Waals surface area contributed by atoms with Crippen molar-refractivity contribution in [3.8, 4) is 0 Å². The van der Waals surface area contributed by atoms with Crippen molar-refractivity contribution in [2.75, 3.05) is 13.2 Å². The van der Waals surface area contributed by atoms with Crippen molar-refractivity contribution >= 4 is 5.91 Å². The van der Waals surface area contributed by atoms with Crippen molar-refractivity contribution in [3.05, 3.63) is 97.2 Å². The van der Waals surface area contributed by atoms with E-state index >= 15 is 0 Å². The maximum absolute atomic E-state index is 13.1. The Bertz CT molecular complexity index is 1500. The van der Waals surface area contributed by atoms with E-state index in [0.29, 0.717) is 6.42 Å². The number of carbonyl (C=O) groups is 1. The molecule has 7 atom stereocenters. The van der Waals surface area contributed by atoms with Gasteiger partial charge in [0.25, 0.3) is 0 Å². The number of amides is 1. The number of carbonyl (C=O) groups excluding carboxylic acids is 1. The number of unbranched alkanes of at least 4 members (excludes halogenated alkanes) is 28. The first-order chi connectivity index (χ1) is 36.8. The van der Waals surface area contributed by atoms with Gasteiger partial charge >= 0.3 is 0 Å². The minimum atomic E-state index is -1.58. The van der Waals surface area contributed by atoms with E-state index in [4.69, 9.17) is 9.47 Å². The quantitative estimate of drug-likeness (QED) is 0.0261. The molecule has 432 valence electrons. The summed E-state index contributed by atoms with van der Waals surface area (Å²) < 4.78 is 11.3. The van der Waals surface area contributed by atoms with Gasteiger partial charge in [0.2, 0.25) is 5.91 Å². The fourth-order valence-electron chi connectivity index (χ4n) is 9.28. The highest BCUT2D eigenvalue weighted by Crippen LogP contribution is 2.23. The molecule has 1 aliphatic heterocycles. The summed E-state index contributed by atoms with van der Waals surface area (Å²) in [6.45, 7) is 3.64. The number of aliphatic hydroxyl groups is 5. The number of hydrogen-bond donors (Lipinski definition) is 6. The zero-order chi connectivity index (χ0) is 54.3. The predicted molar refractivity (Wildman–Crippen MR) is 318 cm³/mol. The molecule has 1 amide bonds. The van der Waals surface area contributed by atoms with Gasteiger partial charge in [-0.25, -0.2) is 0 Å². The molecule has 6 N–H and O–H groups in total. The molecule has 9 heteroatoms. The molecule has 0 aliphatic carbocycles. The second kappa shape index (κ2) is 54.5. The molecule has 0 spiro atoms. The number of allylic oxidation sites excluding steroid dienone is 15. The average Bonchev–Trinajstić information content (AvgIpc) is 3.41. The maximum Gasteiger partial charge on any atom is 0.220 e. The molecule has 7 unspecified atom stereocenters. The van der Waals surface area contributed by atoms with Crippen molar-refractivity contribution < 1.29 is 39.8 Å². The third-order valence-corrected chi connectivity index (χ3v) is 14.1. The van der Waals surface area contributed by atoms with E-state index in [0.717, 1.165) is 83.5 Å². The predicted octanol–water partition coefficient (Wildman–Crippen LogP) is 16.0. The molecule has 1 heterocycles. The van der Waals surface area contributed by atoms with Crippen LogP contribution in [-0.2, 0) is 14.3 Å². The highest BCUT2D eigenvalue weighted by Gasteiger charge is 2.44. The van der Waals surface area contributed by atoms with Crippen LogP contribution in [0, 0.1) is 0 Å². The van der Waals surface area contributed by atoms with E-state index in [9.17, 15) is 30.3 Å². The highest BCUT2D eigenvalue weighted by molar-refractivity contribution is 5.76. The topological polar surface area (TPSA) is 149 Å². The summed E-state index contributed by atoms with van der Waals surface area (Å²) in [5, 5.41) is 54.5. The first kappa shape index (κ1) is 70.1. The van der Waals surface area contributed by atoms with Gasteiger partial charge in [-0.05, 0) is 89.9 Å². The lowest BCUT2D eigenvalue weighted by Gasteiger charge is -2.40. The standard InChI is InChI=1S/C66H115NO8/c1-3-5-7-9-11-13-15-17-19-21-22-23-24-25-26-27-28-29-30-31-32-33-34-35-36-37-38-40-42-44-46-48-50-52-54-56-62(70)67-59(58-74-66-65(73)64(72)63(71)61(57-68)75-66)60(69)55-53-51-49-47-45-43-41-39-20-18-16-14-12-10-8-6-4-2/h5,7,11,13,17,19-20,22-23,25-26,39,45,47,53,55,59-61,63-66,68-69,71-73H,3-4,6,8-10,12,14-16,18,21,24,27-38,40-44,46,48-52,54,56-58H2,1-2H3,(H,67,70)/b7-5-,13-11-,19-17-,23-22-,26-25-,39-20+,47-45+,55-53+. The van der Waals surface area contributed by atoms with E-state index in [1.54, 1.807) is 6.08 Å². The van der Waals surface area contributed by atoms with E-state index < -0.39 is 49.5 Å². The fraction of sp³-hybridized carbons (Fsp3) is 0.742. The van der Waals surface area contributed by atoms with Crippen LogP contribution < -0.4 is 5.32 Å². The summed E-state index contributed by atoms with van der Waals surface area (Å²) in [5.41, 5.74) is 0. The molecule has 0 aromatic heterocycles. The van der Waals surface area contributed by atoms with Crippen LogP contribution in [-0.4, -0.2) is 87.5 Å². The van der Waals surface area contributed by atoms with Gasteiger partial charge in [0, 0.05) is 6.42 Å². The third-order valence-electron chi connectivity index (χ3n) is 14.1. The number of rotatable bonds is 52. The zero-order valence-electron chi connectivity index (χ0n) is 48.0. The first-order valence-electron chi connectivity index (χ1n) is 31.0. The van der Waals surface area contributed by atoms with Crippen molar-refractivity contribution in [2.45, 2.75) is 301 Å². The van der Waals surface area contributed by atoms with E-state index in [1.165, 1.54) is 154 Å². The molecule has 0 radical (unpaired) electrons. The van der Waals surface area contributed by atoms with Crippen LogP contribution in [0.1, 0.15) is 258 Å². The lowest BCUT2D eigenvalue weighted by Crippen LogP contribution is -2.60. The Morgan fingerprint density at radius 1 is 0.467 bits per heavy atom. The number of aliphatic hydroxyl groups excluding tert-OH is 5. The Hall–Kier alpha value is -2.89. The normalized spacial score (nSPS) is 19.6. The smallest absolute Gasteiger partial charge is 0.220 e. The van der Waals surface area contributed by atoms with Gasteiger partial charge < -0.3 is 40.3 Å². The van der Waals surface area contributed by atoms with Crippen LogP contribution in [0.25, 0.3) is 0 Å². The average molecular weight is 1050 g/mol. The number of ether oxygens (including phenoxy) is 2. The van der Waals surface area contributed by atoms with Crippen molar-refractivity contribution in [1.29, 1.82) is 0 Å². The molecule has 1 aliphatic rings. The number of nitrogens with one attached hydrogen (secondary N) is 1. The third kappa shape index (κ3) is 43.7. The van der Waals surface area contributed by atoms with Gasteiger partial charge in [0.15, 0.2) is 6.29 Å². The van der Waals surface area contributed by atoms with Crippen LogP contribution >= 0.6 is 0 Å². The highest BCUT2D eigenvalue weighted by atomic mass is 16.7. The summed E-state index contributed by atoms with van der Waals surface area (Å²) in [5.74, 6) is -0.191. The Labute approximate surface area is 460 Å². The zero-order valence-corrected chi connectivity index (χ0v) is 48.0. The Morgan fingerprint density at radius 3 is 1.28 bits per heavy atom. The molecule has 9 nitrogen and oxygen atoms in total. The lowest BCUT2D eigenvalue weighted by atomic mass is 9.99. The summed E-state index contributed by atoms with van der Waals surface area (Å²) in [6, 6.07) is -0.832. The van der Waals surface area contributed by atoms with Gasteiger partial charge in [0.1, 0.15) is 24.4 Å². The Kier molecular flexibility index (Phi) is 50.9. The minimum Gasteiger partial charge on any atom is -0.394 e. The molecular weight excluding hydrogens is 935 g/mol. The Balaban J connectivity index is 2.14.